The molecule has 3 rings (SSSR count). The maximum Gasteiger partial charge on any atom is 0.319 e. The van der Waals surface area contributed by atoms with Crippen molar-refractivity contribution in [2.75, 3.05) is 29.9 Å². The highest BCUT2D eigenvalue weighted by atomic mass is 16.2. The predicted molar refractivity (Wildman–Crippen MR) is 123 cm³/mol. The molecule has 3 amide bonds. The molecule has 166 valence electrons. The lowest BCUT2D eigenvalue weighted by atomic mass is 9.95. The molecule has 1 saturated carbocycles. The molecule has 3 N–H and O–H groups in total. The molecule has 6 heteroatoms. The molecule has 1 aromatic carbocycles. The van der Waals surface area contributed by atoms with E-state index in [0.29, 0.717) is 17.8 Å². The molecule has 30 heavy (non-hydrogen) atoms. The van der Waals surface area contributed by atoms with Crippen LogP contribution in [0.3, 0.4) is 0 Å². The topological polar surface area (TPSA) is 73.5 Å². The number of rotatable bonds is 7. The van der Waals surface area contributed by atoms with Gasteiger partial charge < -0.3 is 20.9 Å². The number of urea groups is 1. The van der Waals surface area contributed by atoms with Gasteiger partial charge in [0.25, 0.3) is 5.91 Å². The van der Waals surface area contributed by atoms with Crippen LogP contribution >= 0.6 is 0 Å². The Labute approximate surface area is 181 Å². The summed E-state index contributed by atoms with van der Waals surface area (Å²) in [5.74, 6) is 0.707. The molecule has 2 fully saturated rings. The number of nitrogens with zero attached hydrogens (tertiary/aromatic N) is 1. The lowest BCUT2D eigenvalue weighted by Crippen LogP contribution is -2.39. The highest BCUT2D eigenvalue weighted by Gasteiger charge is 2.24. The fourth-order valence-corrected chi connectivity index (χ4v) is 4.38. The number of amides is 3. The smallest absolute Gasteiger partial charge is 0.319 e. The number of anilines is 2. The normalized spacial score (nSPS) is 18.1. The van der Waals surface area contributed by atoms with Gasteiger partial charge in [0.2, 0.25) is 0 Å². The van der Waals surface area contributed by atoms with Gasteiger partial charge in [0.1, 0.15) is 0 Å². The second-order valence-corrected chi connectivity index (χ2v) is 8.94. The minimum Gasteiger partial charge on any atom is -0.371 e. The van der Waals surface area contributed by atoms with E-state index in [4.69, 9.17) is 0 Å². The van der Waals surface area contributed by atoms with Crippen molar-refractivity contribution in [3.05, 3.63) is 23.8 Å². The van der Waals surface area contributed by atoms with E-state index in [1.165, 1.54) is 19.3 Å². The number of benzene rings is 1. The Kier molecular flexibility index (Phi) is 8.40. The number of hydrogen-bond acceptors (Lipinski definition) is 3. The summed E-state index contributed by atoms with van der Waals surface area (Å²) in [6.07, 6.45) is 10.0. The van der Waals surface area contributed by atoms with Gasteiger partial charge in [-0.25, -0.2) is 4.79 Å². The fraction of sp³-hybridized carbons (Fsp3) is 0.667. The van der Waals surface area contributed by atoms with Crippen LogP contribution in [0.4, 0.5) is 16.2 Å². The first kappa shape index (κ1) is 22.4. The van der Waals surface area contributed by atoms with E-state index >= 15 is 0 Å². The number of carbonyl (C=O) groups is 2. The van der Waals surface area contributed by atoms with Crippen molar-refractivity contribution in [2.45, 2.75) is 77.7 Å². The summed E-state index contributed by atoms with van der Waals surface area (Å²) in [5, 5.41) is 9.01. The third-order valence-corrected chi connectivity index (χ3v) is 6.38. The fourth-order valence-electron chi connectivity index (χ4n) is 4.38. The number of piperidine rings is 1. The molecule has 1 heterocycles. The Balaban J connectivity index is 1.75. The first-order chi connectivity index (χ1) is 14.6. The molecule has 0 aromatic heterocycles. The molecule has 0 unspecified atom stereocenters. The molecule has 6 nitrogen and oxygen atoms in total. The minimum absolute atomic E-state index is 0.0226. The van der Waals surface area contributed by atoms with E-state index in [-0.39, 0.29) is 18.0 Å². The van der Waals surface area contributed by atoms with Gasteiger partial charge in [-0.15, -0.1) is 0 Å². The molecule has 0 radical (unpaired) electrons. The molecule has 1 aliphatic heterocycles. The highest BCUT2D eigenvalue weighted by Crippen LogP contribution is 2.29. The van der Waals surface area contributed by atoms with E-state index in [2.05, 4.69) is 34.7 Å². The van der Waals surface area contributed by atoms with Crippen LogP contribution in [0.15, 0.2) is 18.2 Å². The van der Waals surface area contributed by atoms with Crippen molar-refractivity contribution in [1.29, 1.82) is 0 Å². The third kappa shape index (κ3) is 6.38. The van der Waals surface area contributed by atoms with Crippen LogP contribution in [-0.2, 0) is 0 Å². The van der Waals surface area contributed by atoms with E-state index < -0.39 is 0 Å². The molecule has 0 atom stereocenters. The van der Waals surface area contributed by atoms with E-state index in [1.54, 1.807) is 0 Å². The zero-order valence-corrected chi connectivity index (χ0v) is 18.6. The maximum absolute atomic E-state index is 13.2. The highest BCUT2D eigenvalue weighted by molar-refractivity contribution is 6.02. The van der Waals surface area contributed by atoms with Crippen LogP contribution in [0.1, 0.15) is 82.0 Å². The number of nitrogens with one attached hydrogen (secondary N) is 3. The van der Waals surface area contributed by atoms with Gasteiger partial charge in [-0.3, -0.25) is 4.79 Å². The molecular formula is C24H38N4O2. The molecule has 1 aromatic rings. The first-order valence-corrected chi connectivity index (χ1v) is 11.8. The molecule has 0 spiro atoms. The summed E-state index contributed by atoms with van der Waals surface area (Å²) in [5.41, 5.74) is 2.31. The zero-order chi connectivity index (χ0) is 21.3. The van der Waals surface area contributed by atoms with Crippen molar-refractivity contribution < 1.29 is 9.59 Å². The van der Waals surface area contributed by atoms with Crippen LogP contribution in [0.25, 0.3) is 0 Å². The Hall–Kier alpha value is -2.24. The first-order valence-electron chi connectivity index (χ1n) is 11.8. The van der Waals surface area contributed by atoms with Crippen LogP contribution in [0.2, 0.25) is 0 Å². The Bertz CT molecular complexity index is 707. The standard InChI is InChI=1S/C24H38N4O2/c1-3-4-14-25-24(30)27-20-10-11-22(28-15-12-18(2)13-16-28)21(17-20)23(29)26-19-8-6-5-7-9-19/h10-11,17-19H,3-9,12-16H2,1-2H3,(H,26,29)(H2,25,27,30). The Morgan fingerprint density at radius 3 is 2.50 bits per heavy atom. The summed E-state index contributed by atoms with van der Waals surface area (Å²) < 4.78 is 0. The van der Waals surface area contributed by atoms with Gasteiger partial charge in [-0.2, -0.15) is 0 Å². The summed E-state index contributed by atoms with van der Waals surface area (Å²) in [4.78, 5) is 27.7. The van der Waals surface area contributed by atoms with Crippen LogP contribution in [0.5, 0.6) is 0 Å². The average molecular weight is 415 g/mol. The largest absolute Gasteiger partial charge is 0.371 e. The number of unbranched alkanes of at least 4 members (excludes halogenated alkanes) is 1. The zero-order valence-electron chi connectivity index (χ0n) is 18.6. The lowest BCUT2D eigenvalue weighted by Gasteiger charge is -2.34. The third-order valence-electron chi connectivity index (χ3n) is 6.38. The SMILES string of the molecule is CCCCNC(=O)Nc1ccc(N2CCC(C)CC2)c(C(=O)NC2CCCCC2)c1. The predicted octanol–water partition coefficient (Wildman–Crippen LogP) is 4.91. The Morgan fingerprint density at radius 2 is 1.80 bits per heavy atom. The second-order valence-electron chi connectivity index (χ2n) is 8.94. The van der Waals surface area contributed by atoms with Gasteiger partial charge in [0.05, 0.1) is 5.56 Å². The Morgan fingerprint density at radius 1 is 1.07 bits per heavy atom. The quantitative estimate of drug-likeness (QED) is 0.555. The van der Waals surface area contributed by atoms with Crippen molar-refractivity contribution in [2.24, 2.45) is 5.92 Å². The lowest BCUT2D eigenvalue weighted by molar-refractivity contribution is 0.0928. The van der Waals surface area contributed by atoms with E-state index in [1.807, 2.05) is 18.2 Å². The summed E-state index contributed by atoms with van der Waals surface area (Å²) in [7, 11) is 0. The van der Waals surface area contributed by atoms with Crippen LogP contribution in [-0.4, -0.2) is 37.6 Å². The average Bonchev–Trinajstić information content (AvgIpc) is 2.75. The van der Waals surface area contributed by atoms with Crippen LogP contribution in [0, 0.1) is 5.92 Å². The van der Waals surface area contributed by atoms with E-state index in [0.717, 1.165) is 63.2 Å². The molecule has 1 aliphatic carbocycles. The van der Waals surface area contributed by atoms with E-state index in [9.17, 15) is 9.59 Å². The van der Waals surface area contributed by atoms with Gasteiger partial charge in [0, 0.05) is 37.1 Å². The second kappa shape index (κ2) is 11.2. The molecule has 0 bridgehead atoms. The molecular weight excluding hydrogens is 376 g/mol. The summed E-state index contributed by atoms with van der Waals surface area (Å²) in [6.45, 7) is 6.97. The van der Waals surface area contributed by atoms with Gasteiger partial charge in [-0.05, 0) is 56.2 Å². The summed E-state index contributed by atoms with van der Waals surface area (Å²) in [6, 6.07) is 5.78. The maximum atomic E-state index is 13.2. The number of hydrogen-bond donors (Lipinski definition) is 3. The molecule has 2 aliphatic rings. The van der Waals surface area contributed by atoms with Crippen molar-refractivity contribution in [1.82, 2.24) is 10.6 Å². The van der Waals surface area contributed by atoms with Gasteiger partial charge in [0.15, 0.2) is 0 Å². The minimum atomic E-state index is -0.221. The summed E-state index contributed by atoms with van der Waals surface area (Å²) >= 11 is 0. The van der Waals surface area contributed by atoms with Crippen molar-refractivity contribution in [3.8, 4) is 0 Å². The van der Waals surface area contributed by atoms with Crippen LogP contribution < -0.4 is 20.9 Å². The monoisotopic (exact) mass is 414 g/mol. The van der Waals surface area contributed by atoms with Crippen molar-refractivity contribution in [3.63, 3.8) is 0 Å². The molecule has 1 saturated heterocycles. The van der Waals surface area contributed by atoms with Crippen molar-refractivity contribution >= 4 is 23.3 Å². The number of carbonyl (C=O) groups excluding carboxylic acids is 2. The van der Waals surface area contributed by atoms with Gasteiger partial charge in [-0.1, -0.05) is 39.5 Å². The van der Waals surface area contributed by atoms with Gasteiger partial charge >= 0.3 is 6.03 Å².